The molecule has 0 aliphatic rings. The summed E-state index contributed by atoms with van der Waals surface area (Å²) in [5.74, 6) is -2.45. The molecule has 0 saturated carbocycles. The maximum Gasteiger partial charge on any atom is 0.341 e. The lowest BCUT2D eigenvalue weighted by molar-refractivity contribution is -0.146. The molecule has 1 aromatic carbocycles. The lowest BCUT2D eigenvalue weighted by Crippen LogP contribution is -2.32. The molecule has 0 fully saturated rings. The fourth-order valence-corrected chi connectivity index (χ4v) is 5.26. The number of benzene rings is 1. The van der Waals surface area contributed by atoms with E-state index in [9.17, 15) is 19.2 Å². The van der Waals surface area contributed by atoms with E-state index < -0.39 is 36.9 Å². The van der Waals surface area contributed by atoms with Crippen molar-refractivity contribution >= 4 is 73.1 Å². The van der Waals surface area contributed by atoms with Crippen molar-refractivity contribution in [3.8, 4) is 0 Å². The first kappa shape index (κ1) is 24.7. The fourth-order valence-electron chi connectivity index (χ4n) is 2.82. The maximum atomic E-state index is 12.4. The molecule has 0 saturated heterocycles. The number of aryl methyl sites for hydroxylation is 1. The van der Waals surface area contributed by atoms with Gasteiger partial charge in [-0.05, 0) is 25.5 Å². The van der Waals surface area contributed by atoms with Gasteiger partial charge in [0, 0.05) is 15.0 Å². The minimum absolute atomic E-state index is 0.208. The standard InChI is InChI=1S/C22H21ClN2O6S2/c1-3-12-9-14(22(29)30-4-2)21(32-12)25-16(26)11-31-17(27)10-24-20(28)19-18(23)13-7-5-6-8-15(13)33-19/h5-9H,3-4,10-11H2,1-2H3,(H,24,28)(H,25,26). The molecule has 2 N–H and O–H groups in total. The van der Waals surface area contributed by atoms with Crippen LogP contribution in [0.15, 0.2) is 30.3 Å². The molecule has 0 aliphatic carbocycles. The molecular formula is C22H21ClN2O6S2. The lowest BCUT2D eigenvalue weighted by Gasteiger charge is -2.08. The summed E-state index contributed by atoms with van der Waals surface area (Å²) in [5, 5.41) is 6.43. The number of esters is 2. The molecule has 0 atom stereocenters. The molecular weight excluding hydrogens is 488 g/mol. The Morgan fingerprint density at radius 1 is 1.06 bits per heavy atom. The Balaban J connectivity index is 1.51. The summed E-state index contributed by atoms with van der Waals surface area (Å²) in [6, 6.07) is 8.98. The Hall–Kier alpha value is -2.95. The molecule has 3 rings (SSSR count). The van der Waals surface area contributed by atoms with Gasteiger partial charge in [0.2, 0.25) is 0 Å². The highest BCUT2D eigenvalue weighted by Crippen LogP contribution is 2.35. The van der Waals surface area contributed by atoms with Crippen LogP contribution in [-0.2, 0) is 25.5 Å². The predicted molar refractivity (Wildman–Crippen MR) is 128 cm³/mol. The second kappa shape index (κ2) is 11.3. The number of halogens is 1. The number of amides is 2. The number of carbonyl (C=O) groups is 4. The van der Waals surface area contributed by atoms with Gasteiger partial charge in [0.05, 0.1) is 17.2 Å². The first-order chi connectivity index (χ1) is 15.8. The number of hydrogen-bond donors (Lipinski definition) is 2. The molecule has 2 heterocycles. The van der Waals surface area contributed by atoms with Gasteiger partial charge in [-0.15, -0.1) is 22.7 Å². The monoisotopic (exact) mass is 508 g/mol. The molecule has 0 radical (unpaired) electrons. The van der Waals surface area contributed by atoms with Crippen LogP contribution in [0.5, 0.6) is 0 Å². The van der Waals surface area contributed by atoms with Gasteiger partial charge in [-0.25, -0.2) is 4.79 Å². The molecule has 2 aromatic heterocycles. The van der Waals surface area contributed by atoms with Crippen LogP contribution in [0.4, 0.5) is 5.00 Å². The van der Waals surface area contributed by atoms with Gasteiger partial charge >= 0.3 is 11.9 Å². The first-order valence-corrected chi connectivity index (χ1v) is 12.1. The van der Waals surface area contributed by atoms with E-state index in [1.54, 1.807) is 13.0 Å². The van der Waals surface area contributed by atoms with Crippen LogP contribution < -0.4 is 10.6 Å². The van der Waals surface area contributed by atoms with E-state index >= 15 is 0 Å². The Morgan fingerprint density at radius 2 is 1.82 bits per heavy atom. The summed E-state index contributed by atoms with van der Waals surface area (Å²) in [5.41, 5.74) is 0.255. The lowest BCUT2D eigenvalue weighted by atomic mass is 10.2. The van der Waals surface area contributed by atoms with E-state index in [0.717, 1.165) is 15.0 Å². The van der Waals surface area contributed by atoms with Crippen molar-refractivity contribution < 1.29 is 28.7 Å². The molecule has 0 aliphatic heterocycles. The quantitative estimate of drug-likeness (QED) is 0.418. The third-order valence-electron chi connectivity index (χ3n) is 4.38. The third-order valence-corrected chi connectivity index (χ3v) is 7.25. The molecule has 8 nitrogen and oxygen atoms in total. The number of thiophene rings is 2. The number of rotatable bonds is 9. The number of nitrogens with one attached hydrogen (secondary N) is 2. The minimum Gasteiger partial charge on any atom is -0.462 e. The summed E-state index contributed by atoms with van der Waals surface area (Å²) in [6.45, 7) is 2.83. The van der Waals surface area contributed by atoms with Crippen LogP contribution in [0.1, 0.15) is 38.8 Å². The van der Waals surface area contributed by atoms with Crippen LogP contribution in [0.25, 0.3) is 10.1 Å². The van der Waals surface area contributed by atoms with Gasteiger partial charge in [-0.2, -0.15) is 0 Å². The third kappa shape index (κ3) is 6.10. The van der Waals surface area contributed by atoms with Gasteiger partial charge < -0.3 is 20.1 Å². The molecule has 174 valence electrons. The van der Waals surface area contributed by atoms with Crippen molar-refractivity contribution in [1.82, 2.24) is 5.32 Å². The van der Waals surface area contributed by atoms with Gasteiger partial charge in [-0.3, -0.25) is 14.4 Å². The van der Waals surface area contributed by atoms with Crippen LogP contribution in [0.2, 0.25) is 5.02 Å². The molecule has 0 unspecified atom stereocenters. The number of carbonyl (C=O) groups excluding carboxylic acids is 4. The van der Waals surface area contributed by atoms with Crippen molar-refractivity contribution in [3.63, 3.8) is 0 Å². The van der Waals surface area contributed by atoms with Crippen molar-refractivity contribution in [1.29, 1.82) is 0 Å². The second-order valence-electron chi connectivity index (χ2n) is 6.66. The average Bonchev–Trinajstić information content (AvgIpc) is 3.37. The second-order valence-corrected chi connectivity index (χ2v) is 9.23. The van der Waals surface area contributed by atoms with E-state index in [2.05, 4.69) is 10.6 Å². The van der Waals surface area contributed by atoms with Crippen molar-refractivity contribution in [3.05, 3.63) is 50.7 Å². The topological polar surface area (TPSA) is 111 Å². The summed E-state index contributed by atoms with van der Waals surface area (Å²) in [6.07, 6.45) is 0.686. The SMILES string of the molecule is CCOC(=O)c1cc(CC)sc1NC(=O)COC(=O)CNC(=O)c1sc2ccccc2c1Cl. The number of fused-ring (bicyclic) bond motifs is 1. The maximum absolute atomic E-state index is 12.4. The van der Waals surface area contributed by atoms with Crippen molar-refractivity contribution in [2.45, 2.75) is 20.3 Å². The van der Waals surface area contributed by atoms with Crippen molar-refractivity contribution in [2.24, 2.45) is 0 Å². The highest BCUT2D eigenvalue weighted by molar-refractivity contribution is 7.21. The minimum atomic E-state index is -0.790. The molecule has 2 amide bonds. The van der Waals surface area contributed by atoms with Crippen LogP contribution in [0, 0.1) is 0 Å². The van der Waals surface area contributed by atoms with Gasteiger partial charge in [0.25, 0.3) is 11.8 Å². The van der Waals surface area contributed by atoms with E-state index in [4.69, 9.17) is 21.1 Å². The van der Waals surface area contributed by atoms with Gasteiger partial charge in [0.1, 0.15) is 16.4 Å². The zero-order valence-corrected chi connectivity index (χ0v) is 20.2. The highest BCUT2D eigenvalue weighted by atomic mass is 35.5. The van der Waals surface area contributed by atoms with Crippen LogP contribution >= 0.6 is 34.3 Å². The van der Waals surface area contributed by atoms with Crippen LogP contribution in [0.3, 0.4) is 0 Å². The first-order valence-electron chi connectivity index (χ1n) is 10.0. The Labute approximate surface area is 202 Å². The number of anilines is 1. The summed E-state index contributed by atoms with van der Waals surface area (Å²) >= 11 is 8.73. The Bertz CT molecular complexity index is 1200. The van der Waals surface area contributed by atoms with Gasteiger partial charge in [0.15, 0.2) is 6.61 Å². The average molecular weight is 509 g/mol. The predicted octanol–water partition coefficient (Wildman–Crippen LogP) is 4.27. The molecule has 11 heteroatoms. The Kier molecular flexibility index (Phi) is 8.43. The van der Waals surface area contributed by atoms with E-state index in [1.807, 2.05) is 31.2 Å². The molecule has 33 heavy (non-hydrogen) atoms. The number of hydrogen-bond acceptors (Lipinski definition) is 8. The van der Waals surface area contributed by atoms with Crippen molar-refractivity contribution in [2.75, 3.05) is 25.1 Å². The zero-order chi connectivity index (χ0) is 24.0. The fraction of sp³-hybridized carbons (Fsp3) is 0.273. The van der Waals surface area contributed by atoms with Gasteiger partial charge in [-0.1, -0.05) is 36.7 Å². The normalized spacial score (nSPS) is 10.6. The van der Waals surface area contributed by atoms with Crippen LogP contribution in [-0.4, -0.2) is 43.5 Å². The smallest absolute Gasteiger partial charge is 0.341 e. The Morgan fingerprint density at radius 3 is 2.52 bits per heavy atom. The number of ether oxygens (including phenoxy) is 2. The molecule has 0 bridgehead atoms. The van der Waals surface area contributed by atoms with E-state index in [1.165, 1.54) is 22.7 Å². The summed E-state index contributed by atoms with van der Waals surface area (Å²) < 4.78 is 10.8. The summed E-state index contributed by atoms with van der Waals surface area (Å²) in [4.78, 5) is 49.9. The zero-order valence-electron chi connectivity index (χ0n) is 17.9. The summed E-state index contributed by atoms with van der Waals surface area (Å²) in [7, 11) is 0. The van der Waals surface area contributed by atoms with E-state index in [-0.39, 0.29) is 12.2 Å². The van der Waals surface area contributed by atoms with E-state index in [0.29, 0.717) is 21.3 Å². The molecule has 0 spiro atoms. The molecule has 3 aromatic rings. The largest absolute Gasteiger partial charge is 0.462 e. The highest BCUT2D eigenvalue weighted by Gasteiger charge is 2.20.